The second-order valence-corrected chi connectivity index (χ2v) is 35.6. The Balaban J connectivity index is 0.000000122. The van der Waals surface area contributed by atoms with E-state index in [0.717, 1.165) is 134 Å². The predicted molar refractivity (Wildman–Crippen MR) is 547 cm³/mol. The van der Waals surface area contributed by atoms with Gasteiger partial charge < -0.3 is 0 Å². The summed E-state index contributed by atoms with van der Waals surface area (Å²) >= 11 is 0. The monoisotopic (exact) mass is 1730 g/mol. The van der Waals surface area contributed by atoms with Crippen molar-refractivity contribution in [3.8, 4) is 192 Å². The molecule has 135 heavy (non-hydrogen) atoms. The quantitative estimate of drug-likeness (QED) is 0.0977. The fraction of sp³-hybridized carbons (Fsp3) is 0.0732. The van der Waals surface area contributed by atoms with Crippen molar-refractivity contribution >= 4 is 17.1 Å². The lowest BCUT2D eigenvalue weighted by molar-refractivity contribution is 0.660. The van der Waals surface area contributed by atoms with E-state index < -0.39 is 0 Å². The lowest BCUT2D eigenvalue weighted by Gasteiger charge is -2.21. The van der Waals surface area contributed by atoms with Crippen molar-refractivity contribution in [3.63, 3.8) is 0 Å². The molecule has 20 aromatic rings. The summed E-state index contributed by atoms with van der Waals surface area (Å²) in [6.07, 6.45) is 0. The zero-order chi connectivity index (χ0) is 91.9. The summed E-state index contributed by atoms with van der Waals surface area (Å²) in [6, 6.07) is 141. The second-order valence-electron chi connectivity index (χ2n) is 35.6. The van der Waals surface area contributed by atoms with Crippen LogP contribution in [0.2, 0.25) is 0 Å². The number of nitrogens with zero attached hydrogens (tertiary/aromatic N) is 12. The van der Waals surface area contributed by atoms with Crippen LogP contribution in [0.4, 0.5) is 17.1 Å². The first kappa shape index (κ1) is 84.1. The van der Waals surface area contributed by atoms with Crippen LogP contribution in [-0.2, 0) is 16.2 Å². The van der Waals surface area contributed by atoms with E-state index in [1.54, 1.807) is 0 Å². The molecule has 0 aliphatic heterocycles. The van der Waals surface area contributed by atoms with Gasteiger partial charge in [-0.05, 0) is 147 Å². The first-order valence-electron chi connectivity index (χ1n) is 45.1. The summed E-state index contributed by atoms with van der Waals surface area (Å²) in [5.41, 5.74) is 35.3. The Hall–Kier alpha value is -17.8. The normalized spacial score (nSPS) is 12.7. The molecule has 0 N–H and O–H groups in total. The topological polar surface area (TPSA) is 129 Å². The number of aromatic nitrogens is 9. The minimum Gasteiger partial charge on any atom is -0.238 e. The molecule has 0 saturated carbocycles. The van der Waals surface area contributed by atoms with Crippen molar-refractivity contribution in [1.82, 2.24) is 44.9 Å². The van der Waals surface area contributed by atoms with E-state index in [9.17, 15) is 0 Å². The van der Waals surface area contributed by atoms with Gasteiger partial charge in [-0.2, -0.15) is 0 Å². The molecule has 17 aromatic carbocycles. The van der Waals surface area contributed by atoms with Crippen LogP contribution < -0.4 is 0 Å². The van der Waals surface area contributed by atoms with Crippen LogP contribution in [-0.4, -0.2) is 44.9 Å². The van der Waals surface area contributed by atoms with Gasteiger partial charge in [0.05, 0.1) is 19.7 Å². The third-order valence-corrected chi connectivity index (χ3v) is 26.3. The third-order valence-electron chi connectivity index (χ3n) is 26.3. The molecule has 3 aliphatic carbocycles. The van der Waals surface area contributed by atoms with Gasteiger partial charge >= 0.3 is 0 Å². The Morgan fingerprint density at radius 3 is 0.578 bits per heavy atom. The molecule has 0 bridgehead atoms. The number of hydrogen-bond donors (Lipinski definition) is 0. The van der Waals surface area contributed by atoms with E-state index in [-0.39, 0.29) is 16.2 Å². The average molecular weight is 1730 g/mol. The van der Waals surface area contributed by atoms with Crippen molar-refractivity contribution in [2.45, 2.75) is 57.8 Å². The SMILES string of the molecule is [C-]#[N+]c1cccc2c1-c1cc(-c3ccc(-c4nc(-c5ccccc5)nc(-c5ccc(-c6ccccc6)cc5)n4)cc3)ccc1C2(C)C.[C-]#[N+]c1cccc2c1-c1cc(-c3ccc(-c4nc(-c5ccccc5)nc(-c5cccc(-c6ccccc6)c5)n4)cc3)ccc1C2(C)C.[C-]#[N+]c1cccc2c1-c1cc(-c3ccc(-c4nc(-c5ccccc5)nc(-c5ccccc5)n4)cc3)ccc1C2(C)C. The largest absolute Gasteiger partial charge is 0.238 e. The Morgan fingerprint density at radius 1 is 0.156 bits per heavy atom. The molecule has 0 fully saturated rings. The molecule has 3 aliphatic rings. The number of rotatable bonds is 14. The molecule has 0 spiro atoms. The lowest BCUT2D eigenvalue weighted by atomic mass is 9.82. The lowest BCUT2D eigenvalue weighted by Crippen LogP contribution is -2.14. The average Bonchev–Trinajstić information content (AvgIpc) is 1.58. The first-order valence-corrected chi connectivity index (χ1v) is 45.1. The zero-order valence-electron chi connectivity index (χ0n) is 75.1. The molecular formula is C123H86N12. The number of fused-ring (bicyclic) bond motifs is 9. The van der Waals surface area contributed by atoms with Crippen LogP contribution in [0.1, 0.15) is 74.9 Å². The molecule has 12 heteroatoms. The maximum atomic E-state index is 7.80. The minimum atomic E-state index is -0.152. The standard InChI is InChI=1S/2C43H30N4.C37H26N4/c1-43(2)36-25-24-33(27-35(36)39-37(43)18-11-19-38(39)44-3)29-20-22-31(23-21-29)41-45-40(30-14-8-5-9-15-30)46-42(47-41)34-17-10-16-32(26-34)28-12-6-4-7-13-28;1-43(2)36-26-25-34(27-35(36)39-37(43)15-10-16-38(39)44-3)30-19-23-33(24-20-30)42-46-40(31-13-8-5-9-14-31)45-41(47-42)32-21-17-29(18-22-32)28-11-6-4-7-12-28;1-37(2)30-22-21-28(23-29(30)33-31(37)15-10-16-32(33)38-3)24-17-19-27(20-18-24)36-40-34(25-11-6-4-7-12-25)39-35(41-36)26-13-8-5-9-14-26/h2*4-27H,1-2H3;4-23H,1-2H3. The Labute approximate surface area is 786 Å². The fourth-order valence-electron chi connectivity index (χ4n) is 19.2. The predicted octanol–water partition coefficient (Wildman–Crippen LogP) is 31.5. The number of benzene rings is 17. The Bertz CT molecular complexity index is 8030. The van der Waals surface area contributed by atoms with Gasteiger partial charge in [-0.3, -0.25) is 0 Å². The minimum absolute atomic E-state index is 0.140. The highest BCUT2D eigenvalue weighted by Gasteiger charge is 2.40. The molecule has 3 aromatic heterocycles. The third kappa shape index (κ3) is 16.1. The summed E-state index contributed by atoms with van der Waals surface area (Å²) in [5, 5.41) is 0. The van der Waals surface area contributed by atoms with Gasteiger partial charge in [-0.15, -0.1) is 0 Å². The van der Waals surface area contributed by atoms with Crippen LogP contribution in [0.15, 0.2) is 413 Å². The summed E-state index contributed by atoms with van der Waals surface area (Å²) < 4.78 is 0. The Morgan fingerprint density at radius 2 is 0.326 bits per heavy atom. The molecule has 0 radical (unpaired) electrons. The van der Waals surface area contributed by atoms with E-state index in [1.807, 2.05) is 182 Å². The molecule has 23 rings (SSSR count). The summed E-state index contributed by atoms with van der Waals surface area (Å²) in [5.74, 6) is 5.71. The number of hydrogen-bond acceptors (Lipinski definition) is 9. The van der Waals surface area contributed by atoms with Crippen molar-refractivity contribution in [1.29, 1.82) is 0 Å². The van der Waals surface area contributed by atoms with Crippen molar-refractivity contribution in [2.75, 3.05) is 0 Å². The van der Waals surface area contributed by atoms with Gasteiger partial charge in [0.25, 0.3) is 0 Å². The summed E-state index contributed by atoms with van der Waals surface area (Å²) in [4.78, 5) is 55.7. The molecule has 0 saturated heterocycles. The smallest absolute Gasteiger partial charge is 0.195 e. The highest BCUT2D eigenvalue weighted by molar-refractivity contribution is 5.96. The van der Waals surface area contributed by atoms with Gasteiger partial charge in [0.1, 0.15) is 0 Å². The van der Waals surface area contributed by atoms with Gasteiger partial charge in [-0.1, -0.05) is 430 Å². The van der Waals surface area contributed by atoms with E-state index in [2.05, 4.69) is 287 Å². The maximum absolute atomic E-state index is 7.80. The van der Waals surface area contributed by atoms with E-state index >= 15 is 0 Å². The molecular weight excluding hydrogens is 1650 g/mol. The van der Waals surface area contributed by atoms with E-state index in [0.29, 0.717) is 69.5 Å². The van der Waals surface area contributed by atoms with E-state index in [1.165, 1.54) is 38.9 Å². The van der Waals surface area contributed by atoms with Crippen LogP contribution >= 0.6 is 0 Å². The van der Waals surface area contributed by atoms with Gasteiger partial charge in [0.15, 0.2) is 69.5 Å². The maximum Gasteiger partial charge on any atom is 0.195 e. The van der Waals surface area contributed by atoms with E-state index in [4.69, 9.17) is 64.6 Å². The highest BCUT2D eigenvalue weighted by atomic mass is 15.1. The van der Waals surface area contributed by atoms with Gasteiger partial charge in [0.2, 0.25) is 0 Å². The Kier molecular flexibility index (Phi) is 22.0. The van der Waals surface area contributed by atoms with Crippen molar-refractivity contribution < 1.29 is 0 Å². The first-order chi connectivity index (χ1) is 66.0. The molecule has 3 heterocycles. The van der Waals surface area contributed by atoms with Gasteiger partial charge in [0, 0.05) is 66.3 Å². The molecule has 0 unspecified atom stereocenters. The molecule has 0 atom stereocenters. The van der Waals surface area contributed by atoms with Crippen LogP contribution in [0, 0.1) is 19.7 Å². The van der Waals surface area contributed by atoms with Gasteiger partial charge in [-0.25, -0.2) is 59.4 Å². The van der Waals surface area contributed by atoms with Crippen molar-refractivity contribution in [3.05, 3.63) is 480 Å². The summed E-state index contributed by atoms with van der Waals surface area (Å²) in [7, 11) is 0. The summed E-state index contributed by atoms with van der Waals surface area (Å²) in [6.45, 7) is 36.8. The second kappa shape index (κ2) is 35.3. The van der Waals surface area contributed by atoms with Crippen LogP contribution in [0.5, 0.6) is 0 Å². The molecule has 638 valence electrons. The zero-order valence-corrected chi connectivity index (χ0v) is 75.1. The molecule has 0 amide bonds. The van der Waals surface area contributed by atoms with Crippen LogP contribution in [0.25, 0.3) is 206 Å². The fourth-order valence-corrected chi connectivity index (χ4v) is 19.2. The van der Waals surface area contributed by atoms with Crippen molar-refractivity contribution in [2.24, 2.45) is 0 Å². The highest BCUT2D eigenvalue weighted by Crippen LogP contribution is 2.57. The molecule has 12 nitrogen and oxygen atoms in total. The van der Waals surface area contributed by atoms with Crippen LogP contribution in [0.3, 0.4) is 0 Å².